The Hall–Kier alpha value is -3.55. The molecular formula is C21H17F3N4O. The molecule has 1 N–H and O–H groups in total. The summed E-state index contributed by atoms with van der Waals surface area (Å²) < 4.78 is 38.0. The summed E-state index contributed by atoms with van der Waals surface area (Å²) >= 11 is 0. The van der Waals surface area contributed by atoms with Crippen molar-refractivity contribution < 1.29 is 18.0 Å². The van der Waals surface area contributed by atoms with Gasteiger partial charge >= 0.3 is 6.18 Å². The van der Waals surface area contributed by atoms with Crippen molar-refractivity contribution in [3.05, 3.63) is 94.6 Å². The van der Waals surface area contributed by atoms with E-state index in [-0.39, 0.29) is 5.56 Å². The first-order chi connectivity index (χ1) is 13.7. The summed E-state index contributed by atoms with van der Waals surface area (Å²) in [5.41, 5.74) is 4.49. The summed E-state index contributed by atoms with van der Waals surface area (Å²) in [6.07, 6.45) is -4.46. The highest BCUT2D eigenvalue weighted by atomic mass is 19.4. The largest absolute Gasteiger partial charge is 0.416 e. The van der Waals surface area contributed by atoms with Gasteiger partial charge in [0.2, 0.25) is 0 Å². The molecule has 0 aliphatic heterocycles. The molecule has 8 heteroatoms. The Bertz CT molecular complexity index is 1010. The van der Waals surface area contributed by atoms with Crippen molar-refractivity contribution in [1.82, 2.24) is 15.4 Å². The molecule has 1 amide bonds. The molecule has 29 heavy (non-hydrogen) atoms. The third kappa shape index (κ3) is 5.04. The topological polar surface area (TPSA) is 67.2 Å². The molecule has 2 aromatic heterocycles. The lowest BCUT2D eigenvalue weighted by Crippen LogP contribution is -2.22. The fourth-order valence-corrected chi connectivity index (χ4v) is 2.58. The van der Waals surface area contributed by atoms with E-state index < -0.39 is 17.6 Å². The van der Waals surface area contributed by atoms with E-state index >= 15 is 0 Å². The fourth-order valence-electron chi connectivity index (χ4n) is 2.58. The highest BCUT2D eigenvalue weighted by molar-refractivity contribution is 6.11. The Balaban J connectivity index is 1.91. The van der Waals surface area contributed by atoms with Gasteiger partial charge in [-0.05, 0) is 62.4 Å². The van der Waals surface area contributed by atoms with Gasteiger partial charge in [0.05, 0.1) is 17.0 Å². The van der Waals surface area contributed by atoms with E-state index in [0.717, 1.165) is 35.7 Å². The van der Waals surface area contributed by atoms with Crippen LogP contribution < -0.4 is 5.43 Å². The maximum Gasteiger partial charge on any atom is 0.416 e. The summed E-state index contributed by atoms with van der Waals surface area (Å²) in [4.78, 5) is 21.2. The highest BCUT2D eigenvalue weighted by Gasteiger charge is 2.30. The van der Waals surface area contributed by atoms with Crippen molar-refractivity contribution in [2.75, 3.05) is 0 Å². The molecule has 0 saturated heterocycles. The third-order valence-corrected chi connectivity index (χ3v) is 4.01. The number of hydrazone groups is 1. The van der Waals surface area contributed by atoms with Gasteiger partial charge in [-0.25, -0.2) is 5.43 Å². The molecular weight excluding hydrogens is 381 g/mol. The molecule has 0 fully saturated rings. The number of amides is 1. The quantitative estimate of drug-likeness (QED) is 0.527. The Labute approximate surface area is 165 Å². The van der Waals surface area contributed by atoms with E-state index in [1.165, 1.54) is 0 Å². The van der Waals surface area contributed by atoms with E-state index in [0.29, 0.717) is 17.1 Å². The van der Waals surface area contributed by atoms with E-state index in [1.54, 1.807) is 24.3 Å². The number of nitrogens with zero attached hydrogens (tertiary/aromatic N) is 3. The lowest BCUT2D eigenvalue weighted by molar-refractivity contribution is -0.137. The van der Waals surface area contributed by atoms with Crippen LogP contribution in [0.25, 0.3) is 0 Å². The van der Waals surface area contributed by atoms with Crippen molar-refractivity contribution in [2.45, 2.75) is 20.0 Å². The van der Waals surface area contributed by atoms with Gasteiger partial charge in [0.1, 0.15) is 5.71 Å². The fraction of sp³-hybridized carbons (Fsp3) is 0.143. The van der Waals surface area contributed by atoms with Crippen LogP contribution in [0, 0.1) is 13.8 Å². The van der Waals surface area contributed by atoms with Crippen LogP contribution >= 0.6 is 0 Å². The lowest BCUT2D eigenvalue weighted by Gasteiger charge is -2.09. The van der Waals surface area contributed by atoms with Crippen LogP contribution in [0.4, 0.5) is 13.2 Å². The number of carbonyl (C=O) groups is 1. The van der Waals surface area contributed by atoms with Gasteiger partial charge in [-0.3, -0.25) is 14.8 Å². The molecule has 0 aliphatic rings. The van der Waals surface area contributed by atoms with Crippen LogP contribution in [-0.4, -0.2) is 21.6 Å². The molecule has 0 aliphatic carbocycles. The molecule has 2 heterocycles. The average molecular weight is 398 g/mol. The molecule has 0 unspecified atom stereocenters. The standard InChI is InChI=1S/C21H17F3N4O/c1-13-5-3-7-17(25-13)19(18-8-4-6-14(2)26-18)27-28-20(29)15-9-11-16(12-10-15)21(22,23)24/h3-12H,1-2H3,(H,28,29). The number of carbonyl (C=O) groups excluding carboxylic acids is 1. The number of hydrogen-bond acceptors (Lipinski definition) is 4. The predicted octanol–water partition coefficient (Wildman–Crippen LogP) is 4.29. The lowest BCUT2D eigenvalue weighted by atomic mass is 10.1. The number of pyridine rings is 2. The number of benzene rings is 1. The molecule has 3 aromatic rings. The summed E-state index contributed by atoms with van der Waals surface area (Å²) in [5.74, 6) is -0.642. The summed E-state index contributed by atoms with van der Waals surface area (Å²) in [6, 6.07) is 14.6. The molecule has 1 aromatic carbocycles. The van der Waals surface area contributed by atoms with Crippen molar-refractivity contribution >= 4 is 11.6 Å². The van der Waals surface area contributed by atoms with Crippen molar-refractivity contribution in [3.8, 4) is 0 Å². The molecule has 0 bridgehead atoms. The monoisotopic (exact) mass is 398 g/mol. The number of aromatic nitrogens is 2. The van der Waals surface area contributed by atoms with E-state index in [9.17, 15) is 18.0 Å². The SMILES string of the molecule is Cc1cccc(C(=NNC(=O)c2ccc(C(F)(F)F)cc2)c2cccc(C)n2)n1. The second-order valence-corrected chi connectivity index (χ2v) is 6.30. The molecule has 5 nitrogen and oxygen atoms in total. The van der Waals surface area contributed by atoms with Gasteiger partial charge in [0, 0.05) is 17.0 Å². The zero-order valence-corrected chi connectivity index (χ0v) is 15.7. The van der Waals surface area contributed by atoms with E-state index in [2.05, 4.69) is 20.5 Å². The number of aryl methyl sites for hydroxylation is 2. The van der Waals surface area contributed by atoms with Crippen molar-refractivity contribution in [3.63, 3.8) is 0 Å². The number of rotatable bonds is 4. The number of nitrogens with one attached hydrogen (secondary N) is 1. The second-order valence-electron chi connectivity index (χ2n) is 6.30. The van der Waals surface area contributed by atoms with Crippen molar-refractivity contribution in [1.29, 1.82) is 0 Å². The normalized spacial score (nSPS) is 11.1. The molecule has 0 radical (unpaired) electrons. The zero-order chi connectivity index (χ0) is 21.0. The second kappa shape index (κ2) is 8.22. The van der Waals surface area contributed by atoms with Gasteiger partial charge < -0.3 is 0 Å². The Kier molecular flexibility index (Phi) is 5.72. The Morgan fingerprint density at radius 1 is 0.862 bits per heavy atom. The summed E-state index contributed by atoms with van der Waals surface area (Å²) in [6.45, 7) is 3.65. The van der Waals surface area contributed by atoms with Crippen LogP contribution in [0.5, 0.6) is 0 Å². The molecule has 0 spiro atoms. The first-order valence-electron chi connectivity index (χ1n) is 8.67. The number of hydrogen-bond donors (Lipinski definition) is 1. The molecule has 148 valence electrons. The van der Waals surface area contributed by atoms with Gasteiger partial charge in [-0.2, -0.15) is 18.3 Å². The van der Waals surface area contributed by atoms with Gasteiger partial charge in [0.25, 0.3) is 5.91 Å². The Morgan fingerprint density at radius 3 is 1.83 bits per heavy atom. The van der Waals surface area contributed by atoms with Crippen LogP contribution in [0.1, 0.15) is 38.7 Å². The van der Waals surface area contributed by atoms with Crippen LogP contribution in [-0.2, 0) is 6.18 Å². The van der Waals surface area contributed by atoms with E-state index in [4.69, 9.17) is 0 Å². The average Bonchev–Trinajstić information content (AvgIpc) is 2.67. The third-order valence-electron chi connectivity index (χ3n) is 4.01. The summed E-state index contributed by atoms with van der Waals surface area (Å²) in [7, 11) is 0. The molecule has 3 rings (SSSR count). The number of halogens is 3. The zero-order valence-electron chi connectivity index (χ0n) is 15.7. The minimum atomic E-state index is -4.46. The first-order valence-corrected chi connectivity index (χ1v) is 8.67. The Morgan fingerprint density at radius 2 is 1.38 bits per heavy atom. The maximum atomic E-state index is 12.7. The van der Waals surface area contributed by atoms with Gasteiger partial charge in [-0.1, -0.05) is 12.1 Å². The minimum Gasteiger partial charge on any atom is -0.267 e. The summed E-state index contributed by atoms with van der Waals surface area (Å²) in [5, 5.41) is 4.16. The van der Waals surface area contributed by atoms with E-state index in [1.807, 2.05) is 26.0 Å². The highest BCUT2D eigenvalue weighted by Crippen LogP contribution is 2.29. The molecule has 0 saturated carbocycles. The van der Waals surface area contributed by atoms with Gasteiger partial charge in [-0.15, -0.1) is 0 Å². The predicted molar refractivity (Wildman–Crippen MR) is 102 cm³/mol. The van der Waals surface area contributed by atoms with Crippen molar-refractivity contribution in [2.24, 2.45) is 5.10 Å². The van der Waals surface area contributed by atoms with Crippen LogP contribution in [0.3, 0.4) is 0 Å². The van der Waals surface area contributed by atoms with Crippen LogP contribution in [0.15, 0.2) is 65.8 Å². The number of alkyl halides is 3. The molecule has 0 atom stereocenters. The minimum absolute atomic E-state index is 0.0514. The first kappa shape index (κ1) is 20.2. The maximum absolute atomic E-state index is 12.7. The van der Waals surface area contributed by atoms with Gasteiger partial charge in [0.15, 0.2) is 0 Å². The smallest absolute Gasteiger partial charge is 0.267 e. The van der Waals surface area contributed by atoms with Crippen LogP contribution in [0.2, 0.25) is 0 Å².